The molecule has 0 fully saturated rings. The summed E-state index contributed by atoms with van der Waals surface area (Å²) in [5, 5.41) is 3.84. The van der Waals surface area contributed by atoms with Crippen molar-refractivity contribution in [3.8, 4) is 0 Å². The Balaban J connectivity index is 1.67. The number of aryl methyl sites for hydroxylation is 2. The zero-order chi connectivity index (χ0) is 20.5. The fourth-order valence-electron chi connectivity index (χ4n) is 3.17. The molecule has 0 amide bonds. The number of thioether (sulfide) groups is 1. The van der Waals surface area contributed by atoms with Gasteiger partial charge in [0.2, 0.25) is 5.95 Å². The van der Waals surface area contributed by atoms with Crippen LogP contribution >= 0.6 is 11.8 Å². The van der Waals surface area contributed by atoms with E-state index in [2.05, 4.69) is 22.2 Å². The summed E-state index contributed by atoms with van der Waals surface area (Å²) in [5.41, 5.74) is 1.60. The second-order valence-corrected chi connectivity index (χ2v) is 7.73. The number of aromatic nitrogens is 5. The average molecular weight is 414 g/mol. The Morgan fingerprint density at radius 3 is 2.69 bits per heavy atom. The van der Waals surface area contributed by atoms with Gasteiger partial charge in [-0.05, 0) is 18.6 Å². The lowest BCUT2D eigenvalue weighted by Crippen LogP contribution is -2.37. The zero-order valence-corrected chi connectivity index (χ0v) is 17.3. The van der Waals surface area contributed by atoms with Gasteiger partial charge in [0.05, 0.1) is 0 Å². The predicted molar refractivity (Wildman–Crippen MR) is 114 cm³/mol. The van der Waals surface area contributed by atoms with E-state index < -0.39 is 5.69 Å². The first-order valence-electron chi connectivity index (χ1n) is 9.39. The number of rotatable bonds is 7. The molecular formula is C19H22N6O3S. The van der Waals surface area contributed by atoms with Gasteiger partial charge in [-0.3, -0.25) is 13.9 Å². The maximum Gasteiger partial charge on any atom is 0.332 e. The first kappa shape index (κ1) is 19.3. The smallest absolute Gasteiger partial charge is 0.332 e. The number of hydrogen-bond donors (Lipinski definition) is 1. The maximum atomic E-state index is 12.8. The molecule has 0 aliphatic rings. The molecule has 4 rings (SSSR count). The van der Waals surface area contributed by atoms with E-state index in [0.29, 0.717) is 34.6 Å². The summed E-state index contributed by atoms with van der Waals surface area (Å²) in [6.45, 7) is 3.28. The molecule has 152 valence electrons. The molecule has 10 heteroatoms. The van der Waals surface area contributed by atoms with Gasteiger partial charge in [0.15, 0.2) is 16.7 Å². The molecule has 0 aliphatic heterocycles. The van der Waals surface area contributed by atoms with Crippen molar-refractivity contribution in [2.45, 2.75) is 25.1 Å². The number of nitrogens with one attached hydrogen (secondary N) is 1. The monoisotopic (exact) mass is 414 g/mol. The summed E-state index contributed by atoms with van der Waals surface area (Å²) in [4.78, 5) is 34.0. The standard InChI is InChI=1S/C19H22N6O3S/c1-4-9-20-17-22-15-14(16(26)24(3)19(27)23(15)2)25(17)10-11-29-18-21-12-7-5-6-8-13(12)28-18/h5-8H,4,9-11H2,1-3H3,(H,20,22). The molecule has 0 saturated heterocycles. The average Bonchev–Trinajstić information content (AvgIpc) is 3.30. The summed E-state index contributed by atoms with van der Waals surface area (Å²) in [5.74, 6) is 1.21. The Morgan fingerprint density at radius 2 is 1.93 bits per heavy atom. The van der Waals surface area contributed by atoms with E-state index in [1.807, 2.05) is 28.8 Å². The first-order chi connectivity index (χ1) is 14.0. The van der Waals surface area contributed by atoms with Crippen molar-refractivity contribution in [2.75, 3.05) is 17.6 Å². The molecule has 0 radical (unpaired) electrons. The van der Waals surface area contributed by atoms with Crippen molar-refractivity contribution in [3.63, 3.8) is 0 Å². The van der Waals surface area contributed by atoms with Crippen LogP contribution in [0.15, 0.2) is 43.5 Å². The largest absolute Gasteiger partial charge is 0.431 e. The van der Waals surface area contributed by atoms with Crippen LogP contribution in [0, 0.1) is 0 Å². The van der Waals surface area contributed by atoms with Crippen molar-refractivity contribution in [3.05, 3.63) is 45.1 Å². The van der Waals surface area contributed by atoms with E-state index in [1.165, 1.54) is 23.4 Å². The van der Waals surface area contributed by atoms with Crippen molar-refractivity contribution in [1.82, 2.24) is 23.7 Å². The highest BCUT2D eigenvalue weighted by Crippen LogP contribution is 2.24. The van der Waals surface area contributed by atoms with E-state index in [1.54, 1.807) is 7.05 Å². The highest BCUT2D eigenvalue weighted by Gasteiger charge is 2.19. The van der Waals surface area contributed by atoms with Gasteiger partial charge in [-0.2, -0.15) is 4.98 Å². The predicted octanol–water partition coefficient (Wildman–Crippen LogP) is 2.19. The number of benzene rings is 1. The van der Waals surface area contributed by atoms with Crippen molar-refractivity contribution >= 4 is 40.0 Å². The van der Waals surface area contributed by atoms with Gasteiger partial charge in [-0.15, -0.1) is 0 Å². The molecule has 1 N–H and O–H groups in total. The molecule has 0 atom stereocenters. The Hall–Kier alpha value is -3.01. The number of nitrogens with zero attached hydrogens (tertiary/aromatic N) is 5. The van der Waals surface area contributed by atoms with E-state index in [-0.39, 0.29) is 5.56 Å². The number of para-hydroxylation sites is 2. The van der Waals surface area contributed by atoms with E-state index in [4.69, 9.17) is 4.42 Å². The van der Waals surface area contributed by atoms with Crippen LogP contribution < -0.4 is 16.6 Å². The summed E-state index contributed by atoms with van der Waals surface area (Å²) < 4.78 is 10.1. The second-order valence-electron chi connectivity index (χ2n) is 6.69. The van der Waals surface area contributed by atoms with Gasteiger partial charge in [0.25, 0.3) is 10.8 Å². The fraction of sp³-hybridized carbons (Fsp3) is 0.368. The lowest BCUT2D eigenvalue weighted by molar-refractivity contribution is 0.489. The van der Waals surface area contributed by atoms with Gasteiger partial charge in [0, 0.05) is 32.9 Å². The number of hydrogen-bond acceptors (Lipinski definition) is 7. The van der Waals surface area contributed by atoms with Crippen LogP contribution in [0.25, 0.3) is 22.3 Å². The van der Waals surface area contributed by atoms with Crippen molar-refractivity contribution in [2.24, 2.45) is 14.1 Å². The third-order valence-electron chi connectivity index (χ3n) is 4.70. The van der Waals surface area contributed by atoms with Gasteiger partial charge < -0.3 is 14.3 Å². The van der Waals surface area contributed by atoms with Crippen molar-refractivity contribution in [1.29, 1.82) is 0 Å². The highest BCUT2D eigenvalue weighted by molar-refractivity contribution is 7.99. The molecule has 3 aromatic heterocycles. The fourth-order valence-corrected chi connectivity index (χ4v) is 3.93. The van der Waals surface area contributed by atoms with Crippen LogP contribution in [0.2, 0.25) is 0 Å². The normalized spacial score (nSPS) is 11.6. The van der Waals surface area contributed by atoms with Gasteiger partial charge in [0.1, 0.15) is 5.52 Å². The molecule has 0 saturated carbocycles. The quantitative estimate of drug-likeness (QED) is 0.463. The molecule has 4 aromatic rings. The van der Waals surface area contributed by atoms with Crippen LogP contribution in [0.4, 0.5) is 5.95 Å². The molecular weight excluding hydrogens is 392 g/mol. The third-order valence-corrected chi connectivity index (χ3v) is 5.50. The molecule has 29 heavy (non-hydrogen) atoms. The number of anilines is 1. The van der Waals surface area contributed by atoms with Gasteiger partial charge >= 0.3 is 5.69 Å². The number of oxazole rings is 1. The van der Waals surface area contributed by atoms with Gasteiger partial charge in [-0.25, -0.2) is 9.78 Å². The molecule has 0 spiro atoms. The van der Waals surface area contributed by atoms with Crippen LogP contribution in [-0.2, 0) is 20.6 Å². The lowest BCUT2D eigenvalue weighted by Gasteiger charge is -2.09. The summed E-state index contributed by atoms with van der Waals surface area (Å²) in [6, 6.07) is 7.62. The minimum atomic E-state index is -0.393. The molecule has 1 aromatic carbocycles. The topological polar surface area (TPSA) is 99.9 Å². The van der Waals surface area contributed by atoms with Gasteiger partial charge in [-0.1, -0.05) is 30.8 Å². The highest BCUT2D eigenvalue weighted by atomic mass is 32.2. The summed E-state index contributed by atoms with van der Waals surface area (Å²) in [6.07, 6.45) is 0.914. The molecule has 0 aliphatic carbocycles. The Labute approximate surface area is 170 Å². The maximum absolute atomic E-state index is 12.8. The first-order valence-corrected chi connectivity index (χ1v) is 10.4. The summed E-state index contributed by atoms with van der Waals surface area (Å²) >= 11 is 1.47. The SMILES string of the molecule is CCCNc1nc2c(c(=O)n(C)c(=O)n2C)n1CCSc1nc2ccccc2o1. The Kier molecular flexibility index (Phi) is 5.18. The van der Waals surface area contributed by atoms with E-state index in [9.17, 15) is 9.59 Å². The minimum absolute atomic E-state index is 0.355. The third kappa shape index (κ3) is 3.44. The molecule has 3 heterocycles. The van der Waals surface area contributed by atoms with Crippen LogP contribution in [0.1, 0.15) is 13.3 Å². The molecule has 0 unspecified atom stereocenters. The van der Waals surface area contributed by atoms with E-state index >= 15 is 0 Å². The van der Waals surface area contributed by atoms with E-state index in [0.717, 1.165) is 28.6 Å². The minimum Gasteiger partial charge on any atom is -0.431 e. The van der Waals surface area contributed by atoms with Crippen LogP contribution in [-0.4, -0.2) is 36.0 Å². The number of fused-ring (bicyclic) bond motifs is 2. The molecule has 0 bridgehead atoms. The Morgan fingerprint density at radius 1 is 1.14 bits per heavy atom. The lowest BCUT2D eigenvalue weighted by atomic mass is 10.3. The molecule has 9 nitrogen and oxygen atoms in total. The second kappa shape index (κ2) is 7.78. The summed E-state index contributed by atoms with van der Waals surface area (Å²) in [7, 11) is 3.10. The number of imidazole rings is 1. The Bertz CT molecular complexity index is 1270. The zero-order valence-electron chi connectivity index (χ0n) is 16.5. The van der Waals surface area contributed by atoms with Crippen LogP contribution in [0.3, 0.4) is 0 Å². The van der Waals surface area contributed by atoms with Crippen molar-refractivity contribution < 1.29 is 4.42 Å². The van der Waals surface area contributed by atoms with Crippen LogP contribution in [0.5, 0.6) is 0 Å².